The molecule has 0 aliphatic carbocycles. The standard InChI is InChI=1S/C31H39N3O4S/c1-31(2,3)28-22-25(27-9-7-16-32-30(27)35)21-24(29(28)38-4)13-10-23-11-14-26(15-12-23)33-39(36,37)20-8-19-34-17-5-6-18-34/h7,9-16,21-22,33H,5-6,8,17-20H2,1-4H3,(H,32,35)/b13-10+. The SMILES string of the molecule is COc1c(/C=C/c2ccc(NS(=O)(=O)CCCN3CCCC3)cc2)cc(-c2ccc[nH]c2=O)cc1C(C)(C)C. The third-order valence-electron chi connectivity index (χ3n) is 6.98. The van der Waals surface area contributed by atoms with Crippen molar-refractivity contribution in [1.29, 1.82) is 0 Å². The number of aromatic nitrogens is 1. The fourth-order valence-corrected chi connectivity index (χ4v) is 6.03. The number of likely N-dealkylation sites (tertiary alicyclic amines) is 1. The van der Waals surface area contributed by atoms with Crippen LogP contribution in [-0.2, 0) is 15.4 Å². The topological polar surface area (TPSA) is 91.5 Å². The van der Waals surface area contributed by atoms with Gasteiger partial charge in [-0.25, -0.2) is 8.42 Å². The van der Waals surface area contributed by atoms with E-state index >= 15 is 0 Å². The summed E-state index contributed by atoms with van der Waals surface area (Å²) in [5.74, 6) is 0.870. The number of pyridine rings is 1. The van der Waals surface area contributed by atoms with Gasteiger partial charge < -0.3 is 14.6 Å². The van der Waals surface area contributed by atoms with Crippen LogP contribution in [0.1, 0.15) is 56.7 Å². The Morgan fingerprint density at radius 1 is 1.05 bits per heavy atom. The van der Waals surface area contributed by atoms with Gasteiger partial charge in [0.05, 0.1) is 12.9 Å². The Balaban J connectivity index is 1.52. The zero-order chi connectivity index (χ0) is 28.0. The van der Waals surface area contributed by atoms with Crippen molar-refractivity contribution in [2.75, 3.05) is 37.2 Å². The quantitative estimate of drug-likeness (QED) is 0.315. The van der Waals surface area contributed by atoms with Crippen molar-refractivity contribution in [1.82, 2.24) is 9.88 Å². The molecule has 39 heavy (non-hydrogen) atoms. The molecule has 1 aromatic heterocycles. The van der Waals surface area contributed by atoms with Crippen LogP contribution in [0.4, 0.5) is 5.69 Å². The summed E-state index contributed by atoms with van der Waals surface area (Å²) in [6.45, 7) is 9.31. The Morgan fingerprint density at radius 2 is 1.77 bits per heavy atom. The third kappa shape index (κ3) is 7.61. The number of nitrogens with one attached hydrogen (secondary N) is 2. The molecule has 2 N–H and O–H groups in total. The molecular formula is C31H39N3O4S. The lowest BCUT2D eigenvalue weighted by Crippen LogP contribution is -2.24. The van der Waals surface area contributed by atoms with Gasteiger partial charge in [-0.15, -0.1) is 0 Å². The van der Waals surface area contributed by atoms with Crippen molar-refractivity contribution >= 4 is 27.9 Å². The van der Waals surface area contributed by atoms with Crippen LogP contribution in [0.3, 0.4) is 0 Å². The summed E-state index contributed by atoms with van der Waals surface area (Å²) < 4.78 is 33.6. The Morgan fingerprint density at radius 3 is 2.41 bits per heavy atom. The predicted molar refractivity (Wildman–Crippen MR) is 161 cm³/mol. The molecule has 0 spiro atoms. The number of benzene rings is 2. The van der Waals surface area contributed by atoms with Gasteiger partial charge in [0.2, 0.25) is 10.0 Å². The van der Waals surface area contributed by atoms with Crippen molar-refractivity contribution in [2.45, 2.75) is 45.4 Å². The first-order valence-electron chi connectivity index (χ1n) is 13.5. The van der Waals surface area contributed by atoms with Crippen molar-refractivity contribution in [3.05, 3.63) is 81.8 Å². The second-order valence-electron chi connectivity index (χ2n) is 11.1. The Hall–Kier alpha value is -3.36. The maximum absolute atomic E-state index is 12.5. The average Bonchev–Trinajstić information content (AvgIpc) is 3.41. The van der Waals surface area contributed by atoms with Gasteiger partial charge in [0.25, 0.3) is 5.56 Å². The van der Waals surface area contributed by atoms with E-state index in [1.54, 1.807) is 25.4 Å². The molecule has 208 valence electrons. The van der Waals surface area contributed by atoms with Crippen LogP contribution in [0.2, 0.25) is 0 Å². The Kier molecular flexibility index (Phi) is 8.97. The van der Waals surface area contributed by atoms with E-state index in [9.17, 15) is 13.2 Å². The van der Waals surface area contributed by atoms with E-state index in [1.807, 2.05) is 48.6 Å². The smallest absolute Gasteiger partial charge is 0.255 e. The Labute approximate surface area is 232 Å². The fraction of sp³-hybridized carbons (Fsp3) is 0.387. The normalized spacial score (nSPS) is 14.7. The van der Waals surface area contributed by atoms with Crippen LogP contribution >= 0.6 is 0 Å². The fourth-order valence-electron chi connectivity index (χ4n) is 4.93. The van der Waals surface area contributed by atoms with Gasteiger partial charge in [0.15, 0.2) is 0 Å². The van der Waals surface area contributed by atoms with E-state index < -0.39 is 10.0 Å². The average molecular weight is 550 g/mol. The van der Waals surface area contributed by atoms with Gasteiger partial charge in [0.1, 0.15) is 5.75 Å². The number of ether oxygens (including phenoxy) is 1. The summed E-state index contributed by atoms with van der Waals surface area (Å²) in [4.78, 5) is 17.6. The van der Waals surface area contributed by atoms with E-state index in [4.69, 9.17) is 4.74 Å². The summed E-state index contributed by atoms with van der Waals surface area (Å²) in [5, 5.41) is 0. The van der Waals surface area contributed by atoms with Crippen LogP contribution in [0.15, 0.2) is 59.5 Å². The molecule has 1 aliphatic rings. The highest BCUT2D eigenvalue weighted by Crippen LogP contribution is 2.38. The summed E-state index contributed by atoms with van der Waals surface area (Å²) in [5.41, 5.74) is 4.37. The minimum absolute atomic E-state index is 0.113. The molecule has 1 saturated heterocycles. The zero-order valence-electron chi connectivity index (χ0n) is 23.3. The number of H-pyrrole nitrogens is 1. The molecule has 0 bridgehead atoms. The molecule has 8 heteroatoms. The lowest BCUT2D eigenvalue weighted by atomic mass is 9.83. The number of hydrogen-bond acceptors (Lipinski definition) is 5. The summed E-state index contributed by atoms with van der Waals surface area (Å²) in [7, 11) is -1.74. The maximum Gasteiger partial charge on any atom is 0.255 e. The van der Waals surface area contributed by atoms with E-state index in [2.05, 4.69) is 35.4 Å². The molecule has 0 radical (unpaired) electrons. The van der Waals surface area contributed by atoms with Crippen LogP contribution in [0, 0.1) is 0 Å². The van der Waals surface area contributed by atoms with Gasteiger partial charge in [-0.2, -0.15) is 0 Å². The highest BCUT2D eigenvalue weighted by atomic mass is 32.2. The molecule has 4 rings (SSSR count). The summed E-state index contributed by atoms with van der Waals surface area (Å²) in [6, 6.07) is 14.9. The number of hydrogen-bond donors (Lipinski definition) is 2. The number of sulfonamides is 1. The lowest BCUT2D eigenvalue weighted by Gasteiger charge is -2.24. The van der Waals surface area contributed by atoms with E-state index in [0.29, 0.717) is 17.7 Å². The predicted octanol–water partition coefficient (Wildman–Crippen LogP) is 5.75. The molecule has 1 aliphatic heterocycles. The largest absolute Gasteiger partial charge is 0.496 e. The minimum atomic E-state index is -3.40. The second kappa shape index (κ2) is 12.2. The summed E-state index contributed by atoms with van der Waals surface area (Å²) in [6.07, 6.45) is 8.58. The highest BCUT2D eigenvalue weighted by molar-refractivity contribution is 7.92. The Bertz CT molecular complexity index is 1460. The van der Waals surface area contributed by atoms with Crippen LogP contribution in [-0.4, -0.2) is 50.8 Å². The number of nitrogens with zero attached hydrogens (tertiary/aromatic N) is 1. The van der Waals surface area contributed by atoms with Crippen molar-refractivity contribution in [3.8, 4) is 16.9 Å². The third-order valence-corrected chi connectivity index (χ3v) is 8.36. The zero-order valence-corrected chi connectivity index (χ0v) is 24.1. The maximum atomic E-state index is 12.5. The molecule has 1 fully saturated rings. The van der Waals surface area contributed by atoms with Gasteiger partial charge in [-0.05, 0) is 91.8 Å². The van der Waals surface area contributed by atoms with Crippen molar-refractivity contribution in [2.24, 2.45) is 0 Å². The lowest BCUT2D eigenvalue weighted by molar-refractivity contribution is 0.340. The van der Waals surface area contributed by atoms with E-state index in [0.717, 1.165) is 47.6 Å². The van der Waals surface area contributed by atoms with Gasteiger partial charge in [-0.3, -0.25) is 9.52 Å². The van der Waals surface area contributed by atoms with Crippen LogP contribution < -0.4 is 15.0 Å². The molecule has 7 nitrogen and oxygen atoms in total. The molecule has 3 aromatic rings. The van der Waals surface area contributed by atoms with Gasteiger partial charge >= 0.3 is 0 Å². The monoisotopic (exact) mass is 549 g/mol. The number of anilines is 1. The number of rotatable bonds is 10. The highest BCUT2D eigenvalue weighted by Gasteiger charge is 2.23. The number of methoxy groups -OCH3 is 1. The molecule has 2 aromatic carbocycles. The first kappa shape index (κ1) is 28.6. The van der Waals surface area contributed by atoms with Gasteiger partial charge in [0, 0.05) is 28.6 Å². The van der Waals surface area contributed by atoms with E-state index in [-0.39, 0.29) is 16.7 Å². The summed E-state index contributed by atoms with van der Waals surface area (Å²) >= 11 is 0. The number of aromatic amines is 1. The van der Waals surface area contributed by atoms with Crippen LogP contribution in [0.25, 0.3) is 23.3 Å². The van der Waals surface area contributed by atoms with Crippen molar-refractivity contribution in [3.63, 3.8) is 0 Å². The van der Waals surface area contributed by atoms with Crippen molar-refractivity contribution < 1.29 is 13.2 Å². The first-order chi connectivity index (χ1) is 18.6. The second-order valence-corrected chi connectivity index (χ2v) is 12.9. The molecule has 0 unspecified atom stereocenters. The molecule has 0 atom stereocenters. The molecule has 0 amide bonds. The minimum Gasteiger partial charge on any atom is -0.496 e. The first-order valence-corrected chi connectivity index (χ1v) is 15.1. The molecule has 0 saturated carbocycles. The molecular weight excluding hydrogens is 510 g/mol. The van der Waals surface area contributed by atoms with Crippen LogP contribution in [0.5, 0.6) is 5.75 Å². The van der Waals surface area contributed by atoms with Gasteiger partial charge in [-0.1, -0.05) is 45.1 Å². The molecule has 2 heterocycles. The van der Waals surface area contributed by atoms with E-state index in [1.165, 1.54) is 12.8 Å².